The number of pyridine rings is 1. The fourth-order valence-corrected chi connectivity index (χ4v) is 1.87. The summed E-state index contributed by atoms with van der Waals surface area (Å²) in [4.78, 5) is 4.13. The molecule has 0 spiro atoms. The van der Waals surface area contributed by atoms with E-state index < -0.39 is 0 Å². The minimum Gasteiger partial charge on any atom is -0.316 e. The molecule has 1 heterocycles. The van der Waals surface area contributed by atoms with Crippen molar-refractivity contribution in [2.75, 3.05) is 7.05 Å². The molecule has 0 bridgehead atoms. The molecule has 1 N–H and O–H groups in total. The van der Waals surface area contributed by atoms with Crippen molar-refractivity contribution in [3.05, 3.63) is 30.1 Å². The molecule has 84 valence electrons. The van der Waals surface area contributed by atoms with E-state index in [4.69, 9.17) is 0 Å². The minimum absolute atomic E-state index is 0.316. The predicted octanol–water partition coefficient (Wildman–Crippen LogP) is 2.65. The van der Waals surface area contributed by atoms with Gasteiger partial charge in [0.05, 0.1) is 0 Å². The van der Waals surface area contributed by atoms with Crippen LogP contribution in [0.4, 0.5) is 0 Å². The minimum atomic E-state index is 0.316. The van der Waals surface area contributed by atoms with Gasteiger partial charge in [0.1, 0.15) is 0 Å². The van der Waals surface area contributed by atoms with Crippen LogP contribution in [0.15, 0.2) is 24.5 Å². The van der Waals surface area contributed by atoms with E-state index in [9.17, 15) is 0 Å². The summed E-state index contributed by atoms with van der Waals surface area (Å²) in [6.07, 6.45) is 6.03. The number of aryl methyl sites for hydroxylation is 1. The molecule has 0 radical (unpaired) electrons. The highest BCUT2D eigenvalue weighted by atomic mass is 14.9. The number of aromatic nitrogens is 1. The highest BCUT2D eigenvalue weighted by molar-refractivity contribution is 5.08. The third-order valence-corrected chi connectivity index (χ3v) is 2.84. The van der Waals surface area contributed by atoms with Crippen molar-refractivity contribution < 1.29 is 0 Å². The highest BCUT2D eigenvalue weighted by Crippen LogP contribution is 2.22. The second kappa shape index (κ2) is 5.26. The maximum absolute atomic E-state index is 4.13. The van der Waals surface area contributed by atoms with Gasteiger partial charge in [-0.25, -0.2) is 0 Å². The average molecular weight is 206 g/mol. The summed E-state index contributed by atoms with van der Waals surface area (Å²) >= 11 is 0. The van der Waals surface area contributed by atoms with Crippen molar-refractivity contribution in [2.45, 2.75) is 39.7 Å². The number of hydrogen-bond acceptors (Lipinski definition) is 2. The van der Waals surface area contributed by atoms with Crippen molar-refractivity contribution in [2.24, 2.45) is 5.41 Å². The number of rotatable bonds is 4. The highest BCUT2D eigenvalue weighted by Gasteiger charge is 2.22. The number of hydrogen-bond donors (Lipinski definition) is 1. The van der Waals surface area contributed by atoms with Gasteiger partial charge in [0.2, 0.25) is 0 Å². The van der Waals surface area contributed by atoms with Crippen LogP contribution in [-0.2, 0) is 6.42 Å². The first kappa shape index (κ1) is 12.2. The Bertz CT molecular complexity index is 274. The zero-order chi connectivity index (χ0) is 11.3. The van der Waals surface area contributed by atoms with Crippen molar-refractivity contribution in [3.63, 3.8) is 0 Å². The second-order valence-electron chi connectivity index (χ2n) is 5.11. The molecule has 1 aromatic heterocycles. The van der Waals surface area contributed by atoms with Crippen LogP contribution in [0.5, 0.6) is 0 Å². The summed E-state index contributed by atoms with van der Waals surface area (Å²) < 4.78 is 0. The first-order chi connectivity index (χ1) is 7.04. The summed E-state index contributed by atoms with van der Waals surface area (Å²) in [5.41, 5.74) is 1.64. The van der Waals surface area contributed by atoms with Gasteiger partial charge in [-0.2, -0.15) is 0 Å². The van der Waals surface area contributed by atoms with Crippen molar-refractivity contribution in [1.29, 1.82) is 0 Å². The molecular formula is C13H22N2. The van der Waals surface area contributed by atoms with Gasteiger partial charge in [-0.05, 0) is 36.9 Å². The number of nitrogens with one attached hydrogen (secondary N) is 1. The first-order valence-corrected chi connectivity index (χ1v) is 5.60. The number of nitrogens with zero attached hydrogens (tertiary/aromatic N) is 1. The lowest BCUT2D eigenvalue weighted by Crippen LogP contribution is -2.38. The molecule has 2 heteroatoms. The normalized spacial score (nSPS) is 13.9. The summed E-state index contributed by atoms with van der Waals surface area (Å²) in [5.74, 6) is 0. The molecule has 2 nitrogen and oxygen atoms in total. The molecular weight excluding hydrogens is 184 g/mol. The first-order valence-electron chi connectivity index (χ1n) is 5.60. The van der Waals surface area contributed by atoms with E-state index in [2.05, 4.69) is 37.1 Å². The molecule has 1 atom stereocenters. The van der Waals surface area contributed by atoms with Gasteiger partial charge in [0.25, 0.3) is 0 Å². The van der Waals surface area contributed by atoms with Gasteiger partial charge in [-0.3, -0.25) is 4.98 Å². The van der Waals surface area contributed by atoms with Crippen LogP contribution < -0.4 is 5.32 Å². The standard InChI is InChI=1S/C13H22N2/c1-13(2,3)12(14-4)8-7-11-6-5-9-15-10-11/h5-6,9-10,12,14H,7-8H2,1-4H3. The summed E-state index contributed by atoms with van der Waals surface area (Å²) in [5, 5.41) is 3.39. The lowest BCUT2D eigenvalue weighted by Gasteiger charge is -2.30. The Balaban J connectivity index is 2.49. The monoisotopic (exact) mass is 206 g/mol. The van der Waals surface area contributed by atoms with Crippen LogP contribution in [0.25, 0.3) is 0 Å². The molecule has 1 unspecified atom stereocenters. The Morgan fingerprint density at radius 1 is 1.40 bits per heavy atom. The van der Waals surface area contributed by atoms with Gasteiger partial charge >= 0.3 is 0 Å². The maximum Gasteiger partial charge on any atom is 0.0299 e. The van der Waals surface area contributed by atoms with E-state index >= 15 is 0 Å². The van der Waals surface area contributed by atoms with E-state index in [1.807, 2.05) is 25.5 Å². The summed E-state index contributed by atoms with van der Waals surface area (Å²) in [6, 6.07) is 4.70. The third-order valence-electron chi connectivity index (χ3n) is 2.84. The van der Waals surface area contributed by atoms with E-state index in [0.717, 1.165) is 12.8 Å². The fraction of sp³-hybridized carbons (Fsp3) is 0.615. The van der Waals surface area contributed by atoms with Crippen LogP contribution in [0.1, 0.15) is 32.8 Å². The van der Waals surface area contributed by atoms with Crippen LogP contribution in [0.3, 0.4) is 0 Å². The quantitative estimate of drug-likeness (QED) is 0.819. The van der Waals surface area contributed by atoms with Crippen LogP contribution in [0, 0.1) is 5.41 Å². The van der Waals surface area contributed by atoms with Gasteiger partial charge < -0.3 is 5.32 Å². The van der Waals surface area contributed by atoms with Crippen LogP contribution in [0.2, 0.25) is 0 Å². The Labute approximate surface area is 93.1 Å². The Morgan fingerprint density at radius 3 is 2.60 bits per heavy atom. The molecule has 1 rings (SSSR count). The summed E-state index contributed by atoms with van der Waals surface area (Å²) in [7, 11) is 2.04. The Hall–Kier alpha value is -0.890. The van der Waals surface area contributed by atoms with Crippen molar-refractivity contribution in [1.82, 2.24) is 10.3 Å². The van der Waals surface area contributed by atoms with E-state index in [1.54, 1.807) is 0 Å². The smallest absolute Gasteiger partial charge is 0.0299 e. The van der Waals surface area contributed by atoms with Gasteiger partial charge in [-0.1, -0.05) is 26.8 Å². The Morgan fingerprint density at radius 2 is 2.13 bits per heavy atom. The topological polar surface area (TPSA) is 24.9 Å². The molecule has 0 aliphatic rings. The van der Waals surface area contributed by atoms with Crippen LogP contribution in [-0.4, -0.2) is 18.1 Å². The maximum atomic E-state index is 4.13. The van der Waals surface area contributed by atoms with E-state index in [0.29, 0.717) is 11.5 Å². The molecule has 0 saturated heterocycles. The molecule has 0 aromatic carbocycles. The van der Waals surface area contributed by atoms with Crippen molar-refractivity contribution >= 4 is 0 Å². The third kappa shape index (κ3) is 4.00. The predicted molar refractivity (Wildman–Crippen MR) is 64.9 cm³/mol. The molecule has 15 heavy (non-hydrogen) atoms. The zero-order valence-corrected chi connectivity index (χ0v) is 10.2. The molecule has 0 saturated carbocycles. The van der Waals surface area contributed by atoms with Crippen LogP contribution >= 0.6 is 0 Å². The SMILES string of the molecule is CNC(CCc1cccnc1)C(C)(C)C. The second-order valence-corrected chi connectivity index (χ2v) is 5.11. The summed E-state index contributed by atoms with van der Waals surface area (Å²) in [6.45, 7) is 6.83. The fourth-order valence-electron chi connectivity index (χ4n) is 1.87. The molecule has 0 aliphatic heterocycles. The largest absolute Gasteiger partial charge is 0.316 e. The van der Waals surface area contributed by atoms with E-state index in [-0.39, 0.29) is 0 Å². The zero-order valence-electron chi connectivity index (χ0n) is 10.2. The van der Waals surface area contributed by atoms with Gasteiger partial charge in [0, 0.05) is 18.4 Å². The molecule has 1 aromatic rings. The lowest BCUT2D eigenvalue weighted by atomic mass is 9.83. The lowest BCUT2D eigenvalue weighted by molar-refractivity contribution is 0.268. The van der Waals surface area contributed by atoms with Gasteiger partial charge in [-0.15, -0.1) is 0 Å². The Kier molecular flexibility index (Phi) is 4.28. The molecule has 0 fully saturated rings. The molecule has 0 aliphatic carbocycles. The van der Waals surface area contributed by atoms with E-state index in [1.165, 1.54) is 5.56 Å². The van der Waals surface area contributed by atoms with Crippen molar-refractivity contribution in [3.8, 4) is 0 Å². The average Bonchev–Trinajstić information content (AvgIpc) is 2.18. The molecule has 0 amide bonds. The van der Waals surface area contributed by atoms with Gasteiger partial charge in [0.15, 0.2) is 0 Å².